The normalized spacial score (nSPS) is 27.6. The lowest BCUT2D eigenvalue weighted by molar-refractivity contribution is -0.119. The number of benzene rings is 1. The molecule has 1 aromatic rings. The molecule has 4 heteroatoms. The zero-order chi connectivity index (χ0) is 20.1. The van der Waals surface area contributed by atoms with Crippen molar-refractivity contribution >= 4 is 11.6 Å². The zero-order valence-electron chi connectivity index (χ0n) is 18.2. The number of carbonyl (C=O) groups is 1. The maximum Gasteiger partial charge on any atom is 0.227 e. The van der Waals surface area contributed by atoms with Gasteiger partial charge in [-0.3, -0.25) is 9.69 Å². The summed E-state index contributed by atoms with van der Waals surface area (Å²) in [5, 5.41) is 3.49. The Morgan fingerprint density at radius 2 is 1.93 bits per heavy atom. The van der Waals surface area contributed by atoms with Crippen LogP contribution in [0.3, 0.4) is 0 Å². The molecule has 160 valence electrons. The van der Waals surface area contributed by atoms with Gasteiger partial charge in [0.1, 0.15) is 0 Å². The number of amides is 1. The summed E-state index contributed by atoms with van der Waals surface area (Å²) in [6.45, 7) is 5.44. The fourth-order valence-electron chi connectivity index (χ4n) is 5.73. The first-order valence-corrected chi connectivity index (χ1v) is 12.2. The van der Waals surface area contributed by atoms with E-state index in [1.54, 1.807) is 0 Å². The quantitative estimate of drug-likeness (QED) is 0.655. The number of hydrogen-bond acceptors (Lipinski definition) is 3. The lowest BCUT2D eigenvalue weighted by atomic mass is 10.0. The smallest absolute Gasteiger partial charge is 0.227 e. The van der Waals surface area contributed by atoms with Crippen molar-refractivity contribution in [2.24, 2.45) is 0 Å². The summed E-state index contributed by atoms with van der Waals surface area (Å²) in [4.78, 5) is 18.0. The van der Waals surface area contributed by atoms with Crippen molar-refractivity contribution in [2.75, 3.05) is 24.5 Å². The molecule has 0 spiro atoms. The van der Waals surface area contributed by atoms with E-state index in [4.69, 9.17) is 0 Å². The van der Waals surface area contributed by atoms with Crippen molar-refractivity contribution in [3.8, 4) is 0 Å². The van der Waals surface area contributed by atoms with Crippen LogP contribution in [0.4, 0.5) is 5.69 Å². The molecule has 1 aromatic carbocycles. The first-order valence-electron chi connectivity index (χ1n) is 12.2. The van der Waals surface area contributed by atoms with E-state index in [1.807, 2.05) is 0 Å². The van der Waals surface area contributed by atoms with Gasteiger partial charge in [-0.15, -0.1) is 0 Å². The maximum atomic E-state index is 13.1. The second-order valence-electron chi connectivity index (χ2n) is 9.29. The van der Waals surface area contributed by atoms with E-state index in [-0.39, 0.29) is 0 Å². The van der Waals surface area contributed by atoms with Crippen LogP contribution in [-0.4, -0.2) is 42.5 Å². The van der Waals surface area contributed by atoms with Gasteiger partial charge < -0.3 is 10.2 Å². The minimum absolute atomic E-state index is 0.293. The molecule has 29 heavy (non-hydrogen) atoms. The number of rotatable bonds is 7. The van der Waals surface area contributed by atoms with E-state index in [0.29, 0.717) is 24.4 Å². The molecule has 3 fully saturated rings. The van der Waals surface area contributed by atoms with Gasteiger partial charge in [-0.2, -0.15) is 0 Å². The number of nitrogens with one attached hydrogen (secondary N) is 1. The standard InChI is InChI=1S/C25H39N3O/c1-2-3-4-10-25(29)28(23-9-7-17-26-19-23)22-13-11-20(12-14-22)24-16-15-21-8-5-6-18-27(21)24/h11-14,21,23-24,26H,2-10,15-19H2,1H3. The number of unbranched alkanes of at least 4 members (excludes halogenated alkanes) is 2. The van der Waals surface area contributed by atoms with Crippen LogP contribution >= 0.6 is 0 Å². The number of nitrogens with zero attached hydrogens (tertiary/aromatic N) is 2. The average molecular weight is 398 g/mol. The van der Waals surface area contributed by atoms with Crippen molar-refractivity contribution < 1.29 is 4.79 Å². The van der Waals surface area contributed by atoms with E-state index in [9.17, 15) is 4.79 Å². The second-order valence-corrected chi connectivity index (χ2v) is 9.29. The third-order valence-corrected chi connectivity index (χ3v) is 7.30. The summed E-state index contributed by atoms with van der Waals surface area (Å²) >= 11 is 0. The zero-order valence-corrected chi connectivity index (χ0v) is 18.2. The van der Waals surface area contributed by atoms with Crippen LogP contribution < -0.4 is 10.2 Å². The molecule has 3 unspecified atom stereocenters. The van der Waals surface area contributed by atoms with Crippen LogP contribution in [0.15, 0.2) is 24.3 Å². The summed E-state index contributed by atoms with van der Waals surface area (Å²) in [7, 11) is 0. The molecule has 0 bridgehead atoms. The van der Waals surface area contributed by atoms with Gasteiger partial charge in [0.05, 0.1) is 0 Å². The van der Waals surface area contributed by atoms with E-state index >= 15 is 0 Å². The number of fused-ring (bicyclic) bond motifs is 1. The highest BCUT2D eigenvalue weighted by molar-refractivity contribution is 5.94. The van der Waals surface area contributed by atoms with Gasteiger partial charge in [-0.05, 0) is 75.7 Å². The molecule has 3 heterocycles. The molecular formula is C25H39N3O. The highest BCUT2D eigenvalue weighted by atomic mass is 16.2. The lowest BCUT2D eigenvalue weighted by Crippen LogP contribution is -2.49. The molecule has 3 aliphatic heterocycles. The Morgan fingerprint density at radius 1 is 1.07 bits per heavy atom. The van der Waals surface area contributed by atoms with E-state index in [1.165, 1.54) is 44.2 Å². The Balaban J connectivity index is 1.49. The number of carbonyl (C=O) groups excluding carboxylic acids is 1. The van der Waals surface area contributed by atoms with Gasteiger partial charge in [0.15, 0.2) is 0 Å². The molecule has 1 N–H and O–H groups in total. The van der Waals surface area contributed by atoms with E-state index in [2.05, 4.69) is 46.3 Å². The SMILES string of the molecule is CCCCCC(=O)N(c1ccc(C2CCC3CCCCN32)cc1)C1CCCNC1. The van der Waals surface area contributed by atoms with Crippen LogP contribution in [0.1, 0.15) is 89.2 Å². The average Bonchev–Trinajstić information content (AvgIpc) is 3.20. The molecule has 0 aromatic heterocycles. The number of hydrogen-bond donors (Lipinski definition) is 1. The monoisotopic (exact) mass is 397 g/mol. The summed E-state index contributed by atoms with van der Waals surface area (Å²) in [5.74, 6) is 0.303. The summed E-state index contributed by atoms with van der Waals surface area (Å²) in [6.07, 6.45) is 13.0. The highest BCUT2D eigenvalue weighted by Crippen LogP contribution is 2.40. The molecule has 0 aliphatic carbocycles. The van der Waals surface area contributed by atoms with Crippen LogP contribution in [0.5, 0.6) is 0 Å². The van der Waals surface area contributed by atoms with E-state index < -0.39 is 0 Å². The van der Waals surface area contributed by atoms with Gasteiger partial charge in [0, 0.05) is 36.8 Å². The van der Waals surface area contributed by atoms with Gasteiger partial charge in [-0.1, -0.05) is 38.3 Å². The molecular weight excluding hydrogens is 358 g/mol. The number of piperidine rings is 2. The molecule has 0 saturated carbocycles. The van der Waals surface area contributed by atoms with Crippen LogP contribution in [0.2, 0.25) is 0 Å². The third kappa shape index (κ3) is 4.86. The fourth-order valence-corrected chi connectivity index (χ4v) is 5.73. The first-order chi connectivity index (χ1) is 14.3. The second kappa shape index (κ2) is 10.1. The van der Waals surface area contributed by atoms with Gasteiger partial charge in [0.25, 0.3) is 0 Å². The summed E-state index contributed by atoms with van der Waals surface area (Å²) in [5.41, 5.74) is 2.54. The highest BCUT2D eigenvalue weighted by Gasteiger charge is 2.35. The Morgan fingerprint density at radius 3 is 2.69 bits per heavy atom. The Hall–Kier alpha value is -1.39. The fraction of sp³-hybridized carbons (Fsp3) is 0.720. The first kappa shape index (κ1) is 20.9. The predicted molar refractivity (Wildman–Crippen MR) is 120 cm³/mol. The van der Waals surface area contributed by atoms with Crippen molar-refractivity contribution in [2.45, 2.75) is 95.7 Å². The predicted octanol–water partition coefficient (Wildman–Crippen LogP) is 5.04. The van der Waals surface area contributed by atoms with Crippen molar-refractivity contribution in [1.82, 2.24) is 10.2 Å². The summed E-state index contributed by atoms with van der Waals surface area (Å²) in [6, 6.07) is 10.7. The largest absolute Gasteiger partial charge is 0.315 e. The number of anilines is 1. The van der Waals surface area contributed by atoms with Crippen molar-refractivity contribution in [3.05, 3.63) is 29.8 Å². The topological polar surface area (TPSA) is 35.6 Å². The Kier molecular flexibility index (Phi) is 7.25. The molecule has 1 amide bonds. The molecule has 0 radical (unpaired) electrons. The van der Waals surface area contributed by atoms with Crippen molar-refractivity contribution in [1.29, 1.82) is 0 Å². The molecule has 4 rings (SSSR count). The molecule has 3 saturated heterocycles. The minimum atomic E-state index is 0.293. The third-order valence-electron chi connectivity index (χ3n) is 7.30. The van der Waals surface area contributed by atoms with Gasteiger partial charge in [-0.25, -0.2) is 0 Å². The molecule has 3 aliphatic rings. The Bertz CT molecular complexity index is 653. The van der Waals surface area contributed by atoms with Crippen molar-refractivity contribution in [3.63, 3.8) is 0 Å². The summed E-state index contributed by atoms with van der Waals surface area (Å²) < 4.78 is 0. The van der Waals surface area contributed by atoms with Crippen LogP contribution in [0.25, 0.3) is 0 Å². The van der Waals surface area contributed by atoms with Gasteiger partial charge in [0.2, 0.25) is 5.91 Å². The van der Waals surface area contributed by atoms with E-state index in [0.717, 1.165) is 56.9 Å². The van der Waals surface area contributed by atoms with Crippen LogP contribution in [-0.2, 0) is 4.79 Å². The minimum Gasteiger partial charge on any atom is -0.315 e. The molecule has 4 nitrogen and oxygen atoms in total. The Labute approximate surface area is 177 Å². The van der Waals surface area contributed by atoms with Crippen LogP contribution in [0, 0.1) is 0 Å². The van der Waals surface area contributed by atoms with Gasteiger partial charge >= 0.3 is 0 Å². The lowest BCUT2D eigenvalue weighted by Gasteiger charge is -2.36. The maximum absolute atomic E-state index is 13.1. The molecule has 3 atom stereocenters.